The fraction of sp³-hybridized carbons (Fsp3) is 0.600. The first kappa shape index (κ1) is 17.9. The summed E-state index contributed by atoms with van der Waals surface area (Å²) in [7, 11) is 0. The van der Waals surface area contributed by atoms with Crippen molar-refractivity contribution in [3.63, 3.8) is 0 Å². The highest BCUT2D eigenvalue weighted by atomic mass is 19.4. The van der Waals surface area contributed by atoms with E-state index in [0.29, 0.717) is 13.1 Å². The van der Waals surface area contributed by atoms with Crippen LogP contribution in [0.4, 0.5) is 13.2 Å². The van der Waals surface area contributed by atoms with Crippen molar-refractivity contribution in [2.45, 2.75) is 32.7 Å². The van der Waals surface area contributed by atoms with Crippen LogP contribution in [0.2, 0.25) is 0 Å². The Morgan fingerprint density at radius 2 is 1.81 bits per heavy atom. The molecule has 1 atom stereocenters. The van der Waals surface area contributed by atoms with Gasteiger partial charge in [0.15, 0.2) is 6.10 Å². The second-order valence-electron chi connectivity index (χ2n) is 5.83. The van der Waals surface area contributed by atoms with Crippen molar-refractivity contribution in [1.29, 1.82) is 0 Å². The van der Waals surface area contributed by atoms with Gasteiger partial charge in [0.1, 0.15) is 0 Å². The van der Waals surface area contributed by atoms with Gasteiger partial charge in [-0.3, -0.25) is 0 Å². The standard InChI is InChI=1S/C15H22F3NO2/c1-14(2,11-21-9-13(20)15(16,17)18)10-19-8-12-6-4-3-5-7-12/h3-7,13,19-20H,8-11H2,1-2H3. The predicted molar refractivity (Wildman–Crippen MR) is 74.8 cm³/mol. The van der Waals surface area contributed by atoms with Crippen LogP contribution < -0.4 is 5.32 Å². The molecule has 0 aliphatic rings. The molecule has 1 aromatic rings. The van der Waals surface area contributed by atoms with Crippen LogP contribution in [0.25, 0.3) is 0 Å². The third kappa shape index (κ3) is 7.45. The summed E-state index contributed by atoms with van der Waals surface area (Å²) < 4.78 is 41.3. The number of rotatable bonds is 8. The van der Waals surface area contributed by atoms with E-state index in [1.807, 2.05) is 44.2 Å². The minimum Gasteiger partial charge on any atom is -0.382 e. The summed E-state index contributed by atoms with van der Waals surface area (Å²) in [5.41, 5.74) is 0.821. The van der Waals surface area contributed by atoms with Gasteiger partial charge in [-0.15, -0.1) is 0 Å². The van der Waals surface area contributed by atoms with Gasteiger partial charge in [-0.05, 0) is 5.56 Å². The number of aliphatic hydroxyl groups excluding tert-OH is 1. The van der Waals surface area contributed by atoms with E-state index < -0.39 is 18.9 Å². The Hall–Kier alpha value is -1.11. The molecule has 0 aliphatic heterocycles. The van der Waals surface area contributed by atoms with Crippen molar-refractivity contribution in [3.8, 4) is 0 Å². The lowest BCUT2D eigenvalue weighted by Crippen LogP contribution is -2.37. The third-order valence-corrected chi connectivity index (χ3v) is 2.92. The molecule has 0 heterocycles. The molecule has 1 aromatic carbocycles. The molecule has 0 fully saturated rings. The van der Waals surface area contributed by atoms with Crippen LogP contribution >= 0.6 is 0 Å². The Labute approximate surface area is 123 Å². The quantitative estimate of drug-likeness (QED) is 0.776. The summed E-state index contributed by atoms with van der Waals surface area (Å²) in [6, 6.07) is 9.83. The fourth-order valence-electron chi connectivity index (χ4n) is 1.73. The topological polar surface area (TPSA) is 41.5 Å². The van der Waals surface area contributed by atoms with Crippen molar-refractivity contribution >= 4 is 0 Å². The van der Waals surface area contributed by atoms with Crippen LogP contribution in [-0.4, -0.2) is 37.1 Å². The molecule has 0 saturated heterocycles. The minimum atomic E-state index is -4.63. The number of aliphatic hydroxyl groups is 1. The second-order valence-corrected chi connectivity index (χ2v) is 5.83. The van der Waals surface area contributed by atoms with Gasteiger partial charge in [-0.25, -0.2) is 0 Å². The summed E-state index contributed by atoms with van der Waals surface area (Å²) in [5.74, 6) is 0. The van der Waals surface area contributed by atoms with Gasteiger partial charge in [0.05, 0.1) is 13.2 Å². The first-order valence-electron chi connectivity index (χ1n) is 6.78. The average molecular weight is 305 g/mol. The van der Waals surface area contributed by atoms with Crippen LogP contribution in [0.3, 0.4) is 0 Å². The van der Waals surface area contributed by atoms with E-state index in [4.69, 9.17) is 9.84 Å². The summed E-state index contributed by atoms with van der Waals surface area (Å²) in [4.78, 5) is 0. The molecule has 0 bridgehead atoms. The smallest absolute Gasteiger partial charge is 0.382 e. The SMILES string of the molecule is CC(C)(CNCc1ccccc1)COCC(O)C(F)(F)F. The number of benzene rings is 1. The van der Waals surface area contributed by atoms with E-state index in [1.165, 1.54) is 0 Å². The Kier molecular flexibility index (Phi) is 6.64. The molecule has 2 N–H and O–H groups in total. The molecule has 0 spiro atoms. The Balaban J connectivity index is 2.24. The monoisotopic (exact) mass is 305 g/mol. The average Bonchev–Trinajstić information content (AvgIpc) is 2.38. The van der Waals surface area contributed by atoms with Gasteiger partial charge in [0.25, 0.3) is 0 Å². The lowest BCUT2D eigenvalue weighted by atomic mass is 9.95. The van der Waals surface area contributed by atoms with Gasteiger partial charge >= 0.3 is 6.18 Å². The largest absolute Gasteiger partial charge is 0.416 e. The van der Waals surface area contributed by atoms with E-state index in [-0.39, 0.29) is 12.0 Å². The molecule has 6 heteroatoms. The van der Waals surface area contributed by atoms with E-state index in [9.17, 15) is 13.2 Å². The lowest BCUT2D eigenvalue weighted by molar-refractivity contribution is -0.219. The molecule has 0 saturated carbocycles. The van der Waals surface area contributed by atoms with Crippen LogP contribution in [0, 0.1) is 5.41 Å². The molecule has 0 aliphatic carbocycles. The number of halogens is 3. The molecule has 0 radical (unpaired) electrons. The fourth-order valence-corrected chi connectivity index (χ4v) is 1.73. The number of hydrogen-bond acceptors (Lipinski definition) is 3. The molecule has 1 rings (SSSR count). The molecule has 0 aromatic heterocycles. The van der Waals surface area contributed by atoms with E-state index in [2.05, 4.69) is 5.32 Å². The Morgan fingerprint density at radius 1 is 1.19 bits per heavy atom. The van der Waals surface area contributed by atoms with E-state index in [1.54, 1.807) is 0 Å². The number of alkyl halides is 3. The Bertz CT molecular complexity index is 407. The predicted octanol–water partition coefficient (Wildman–Crippen LogP) is 2.74. The number of ether oxygens (including phenoxy) is 1. The van der Waals surface area contributed by atoms with Gasteiger partial charge in [-0.2, -0.15) is 13.2 Å². The summed E-state index contributed by atoms with van der Waals surface area (Å²) in [6.07, 6.45) is -7.05. The van der Waals surface area contributed by atoms with E-state index >= 15 is 0 Å². The van der Waals surface area contributed by atoms with Gasteiger partial charge in [0, 0.05) is 18.5 Å². The van der Waals surface area contributed by atoms with Gasteiger partial charge in [-0.1, -0.05) is 44.2 Å². The summed E-state index contributed by atoms with van der Waals surface area (Å²) in [5, 5.41) is 12.1. The maximum absolute atomic E-state index is 12.1. The highest BCUT2D eigenvalue weighted by Gasteiger charge is 2.38. The van der Waals surface area contributed by atoms with Crippen molar-refractivity contribution < 1.29 is 23.0 Å². The minimum absolute atomic E-state index is 0.141. The highest BCUT2D eigenvalue weighted by molar-refractivity contribution is 5.14. The molecule has 0 amide bonds. The van der Waals surface area contributed by atoms with Crippen LogP contribution in [-0.2, 0) is 11.3 Å². The summed E-state index contributed by atoms with van der Waals surface area (Å²) >= 11 is 0. The van der Waals surface area contributed by atoms with Gasteiger partial charge in [0.2, 0.25) is 0 Å². The lowest BCUT2D eigenvalue weighted by Gasteiger charge is -2.26. The molecule has 120 valence electrons. The first-order chi connectivity index (χ1) is 9.71. The zero-order valence-corrected chi connectivity index (χ0v) is 12.3. The van der Waals surface area contributed by atoms with Crippen molar-refractivity contribution in [3.05, 3.63) is 35.9 Å². The highest BCUT2D eigenvalue weighted by Crippen LogP contribution is 2.21. The third-order valence-electron chi connectivity index (χ3n) is 2.92. The van der Waals surface area contributed by atoms with Crippen molar-refractivity contribution in [2.75, 3.05) is 19.8 Å². The molecular weight excluding hydrogens is 283 g/mol. The zero-order valence-electron chi connectivity index (χ0n) is 12.3. The molecule has 3 nitrogen and oxygen atoms in total. The maximum Gasteiger partial charge on any atom is 0.416 e. The number of hydrogen-bond donors (Lipinski definition) is 2. The van der Waals surface area contributed by atoms with Crippen LogP contribution in [0.5, 0.6) is 0 Å². The van der Waals surface area contributed by atoms with Crippen molar-refractivity contribution in [1.82, 2.24) is 5.32 Å². The normalized spacial score (nSPS) is 14.2. The first-order valence-corrected chi connectivity index (χ1v) is 6.78. The molecule has 1 unspecified atom stereocenters. The summed E-state index contributed by atoms with van der Waals surface area (Å²) in [6.45, 7) is 4.49. The number of nitrogens with one attached hydrogen (secondary N) is 1. The second kappa shape index (κ2) is 7.77. The van der Waals surface area contributed by atoms with E-state index in [0.717, 1.165) is 5.56 Å². The Morgan fingerprint density at radius 3 is 2.38 bits per heavy atom. The van der Waals surface area contributed by atoms with Gasteiger partial charge < -0.3 is 15.2 Å². The maximum atomic E-state index is 12.1. The van der Waals surface area contributed by atoms with Crippen LogP contribution in [0.15, 0.2) is 30.3 Å². The zero-order chi connectivity index (χ0) is 15.9. The van der Waals surface area contributed by atoms with Crippen molar-refractivity contribution in [2.24, 2.45) is 5.41 Å². The molecular formula is C15H22F3NO2. The molecule has 21 heavy (non-hydrogen) atoms. The van der Waals surface area contributed by atoms with Crippen LogP contribution in [0.1, 0.15) is 19.4 Å².